The maximum absolute atomic E-state index is 13.6. The van der Waals surface area contributed by atoms with Gasteiger partial charge in [-0.15, -0.1) is 0 Å². The smallest absolute Gasteiger partial charge is 0.142 e. The topological polar surface area (TPSA) is 12.0 Å². The molecule has 1 nitrogen and oxygen atoms in total. The average molecular weight is 398 g/mol. The summed E-state index contributed by atoms with van der Waals surface area (Å²) in [4.78, 5) is 0. The summed E-state index contributed by atoms with van der Waals surface area (Å²) >= 11 is 21.2. The van der Waals surface area contributed by atoms with E-state index in [1.54, 1.807) is 6.07 Å². The van der Waals surface area contributed by atoms with Gasteiger partial charge in [0.05, 0.1) is 26.2 Å². The molecule has 0 spiro atoms. The number of halogens is 5. The Bertz CT molecular complexity index is 649. The van der Waals surface area contributed by atoms with Crippen LogP contribution in [0.25, 0.3) is 0 Å². The summed E-state index contributed by atoms with van der Waals surface area (Å²) < 4.78 is 14.3. The largest absolute Gasteiger partial charge is 0.378 e. The molecule has 0 heterocycles. The van der Waals surface area contributed by atoms with E-state index in [0.717, 1.165) is 10.2 Å². The molecule has 2 aromatic carbocycles. The van der Waals surface area contributed by atoms with Gasteiger partial charge in [-0.3, -0.25) is 0 Å². The summed E-state index contributed by atoms with van der Waals surface area (Å²) in [7, 11) is 0. The Morgan fingerprint density at radius 1 is 1.10 bits per heavy atom. The molecule has 1 unspecified atom stereocenters. The van der Waals surface area contributed by atoms with Crippen molar-refractivity contribution in [2.24, 2.45) is 0 Å². The standard InChI is InChI=1S/C14H10BrCl3FN/c1-7(8-5-12(19)11(18)6-10(8)17)20-13-4-2-3-9(16)14(13)15/h2-7,20H,1H3. The van der Waals surface area contributed by atoms with Crippen LogP contribution in [-0.2, 0) is 0 Å². The highest BCUT2D eigenvalue weighted by Gasteiger charge is 2.15. The predicted octanol–water partition coefficient (Wildman–Crippen LogP) is 6.72. The third kappa shape index (κ3) is 3.40. The van der Waals surface area contributed by atoms with Crippen LogP contribution >= 0.6 is 50.7 Å². The first-order valence-electron chi connectivity index (χ1n) is 5.75. The summed E-state index contributed by atoms with van der Waals surface area (Å²) in [6, 6.07) is 8.00. The molecule has 0 aliphatic heterocycles. The zero-order valence-electron chi connectivity index (χ0n) is 10.4. The SMILES string of the molecule is CC(Nc1cccc(Cl)c1Br)c1cc(F)c(Cl)cc1Cl. The van der Waals surface area contributed by atoms with E-state index in [2.05, 4.69) is 21.2 Å². The maximum Gasteiger partial charge on any atom is 0.142 e. The lowest BCUT2D eigenvalue weighted by atomic mass is 10.1. The van der Waals surface area contributed by atoms with E-state index in [9.17, 15) is 4.39 Å². The molecule has 0 fully saturated rings. The minimum absolute atomic E-state index is 0.00915. The van der Waals surface area contributed by atoms with Crippen molar-refractivity contribution in [3.63, 3.8) is 0 Å². The van der Waals surface area contributed by atoms with Crippen molar-refractivity contribution in [3.05, 3.63) is 61.3 Å². The van der Waals surface area contributed by atoms with Gasteiger partial charge in [-0.2, -0.15) is 0 Å². The third-order valence-electron chi connectivity index (χ3n) is 2.83. The van der Waals surface area contributed by atoms with Crippen LogP contribution in [0.15, 0.2) is 34.8 Å². The van der Waals surface area contributed by atoms with Gasteiger partial charge in [-0.25, -0.2) is 4.39 Å². The van der Waals surface area contributed by atoms with Gasteiger partial charge < -0.3 is 5.32 Å². The molecule has 1 atom stereocenters. The van der Waals surface area contributed by atoms with Gasteiger partial charge in [0.1, 0.15) is 5.82 Å². The molecular formula is C14H10BrCl3FN. The molecule has 1 N–H and O–H groups in total. The molecule has 0 bridgehead atoms. The van der Waals surface area contributed by atoms with Crippen molar-refractivity contribution in [1.82, 2.24) is 0 Å². The molecule has 0 amide bonds. The summed E-state index contributed by atoms with van der Waals surface area (Å²) in [5.74, 6) is -0.495. The minimum Gasteiger partial charge on any atom is -0.378 e. The van der Waals surface area contributed by atoms with Crippen molar-refractivity contribution in [2.75, 3.05) is 5.32 Å². The van der Waals surface area contributed by atoms with Crippen LogP contribution in [0.2, 0.25) is 15.1 Å². The molecule has 0 aliphatic carbocycles. The van der Waals surface area contributed by atoms with Crippen molar-refractivity contribution < 1.29 is 4.39 Å². The highest BCUT2D eigenvalue weighted by atomic mass is 79.9. The van der Waals surface area contributed by atoms with Gasteiger partial charge in [-0.1, -0.05) is 40.9 Å². The summed E-state index contributed by atoms with van der Waals surface area (Å²) in [5.41, 5.74) is 1.43. The number of benzene rings is 2. The fourth-order valence-electron chi connectivity index (χ4n) is 1.80. The predicted molar refractivity (Wildman–Crippen MR) is 87.6 cm³/mol. The Hall–Kier alpha value is -0.480. The number of rotatable bonds is 3. The molecular weight excluding hydrogens is 387 g/mol. The van der Waals surface area contributed by atoms with Crippen molar-refractivity contribution in [2.45, 2.75) is 13.0 Å². The summed E-state index contributed by atoms with van der Waals surface area (Å²) in [6.45, 7) is 1.88. The van der Waals surface area contributed by atoms with Gasteiger partial charge >= 0.3 is 0 Å². The Balaban J connectivity index is 2.31. The van der Waals surface area contributed by atoms with Crippen LogP contribution in [0, 0.1) is 5.82 Å². The van der Waals surface area contributed by atoms with E-state index >= 15 is 0 Å². The Labute approximate surface area is 140 Å². The lowest BCUT2D eigenvalue weighted by molar-refractivity contribution is 0.624. The zero-order chi connectivity index (χ0) is 14.9. The number of anilines is 1. The molecule has 2 aromatic rings. The lowest BCUT2D eigenvalue weighted by Crippen LogP contribution is -2.08. The highest BCUT2D eigenvalue weighted by Crippen LogP contribution is 2.35. The second-order valence-electron chi connectivity index (χ2n) is 4.26. The Morgan fingerprint density at radius 3 is 2.50 bits per heavy atom. The first-order valence-corrected chi connectivity index (χ1v) is 7.68. The molecule has 6 heteroatoms. The molecule has 2 rings (SSSR count). The zero-order valence-corrected chi connectivity index (χ0v) is 14.2. The number of hydrogen-bond acceptors (Lipinski definition) is 1. The fourth-order valence-corrected chi connectivity index (χ4v) is 2.90. The van der Waals surface area contributed by atoms with E-state index in [-0.39, 0.29) is 11.1 Å². The van der Waals surface area contributed by atoms with Gasteiger partial charge in [0, 0.05) is 5.02 Å². The molecule has 0 aromatic heterocycles. The quantitative estimate of drug-likeness (QED) is 0.567. The second kappa shape index (κ2) is 6.52. The van der Waals surface area contributed by atoms with Gasteiger partial charge in [0.2, 0.25) is 0 Å². The van der Waals surface area contributed by atoms with Crippen LogP contribution in [0.4, 0.5) is 10.1 Å². The van der Waals surface area contributed by atoms with Crippen LogP contribution < -0.4 is 5.32 Å². The summed E-state index contributed by atoms with van der Waals surface area (Å²) in [6.07, 6.45) is 0. The Kier molecular flexibility index (Phi) is 5.19. The minimum atomic E-state index is -0.495. The number of hydrogen-bond donors (Lipinski definition) is 1. The maximum atomic E-state index is 13.6. The van der Waals surface area contributed by atoms with Gasteiger partial charge in [-0.05, 0) is 52.7 Å². The molecule has 0 aliphatic rings. The molecule has 20 heavy (non-hydrogen) atoms. The van der Waals surface area contributed by atoms with Crippen molar-refractivity contribution >= 4 is 56.4 Å². The van der Waals surface area contributed by atoms with E-state index in [1.165, 1.54) is 12.1 Å². The number of nitrogens with one attached hydrogen (secondary N) is 1. The summed E-state index contributed by atoms with van der Waals surface area (Å²) in [5, 5.41) is 4.24. The normalized spacial score (nSPS) is 12.3. The fraction of sp³-hybridized carbons (Fsp3) is 0.143. The van der Waals surface area contributed by atoms with Crippen molar-refractivity contribution in [1.29, 1.82) is 0 Å². The van der Waals surface area contributed by atoms with E-state index in [1.807, 2.05) is 19.1 Å². The van der Waals surface area contributed by atoms with E-state index < -0.39 is 5.82 Å². The van der Waals surface area contributed by atoms with Crippen LogP contribution in [-0.4, -0.2) is 0 Å². The first kappa shape index (κ1) is 15.9. The van der Waals surface area contributed by atoms with Crippen LogP contribution in [0.5, 0.6) is 0 Å². The van der Waals surface area contributed by atoms with Gasteiger partial charge in [0.25, 0.3) is 0 Å². The van der Waals surface area contributed by atoms with E-state index in [0.29, 0.717) is 15.6 Å². The molecule has 106 valence electrons. The van der Waals surface area contributed by atoms with E-state index in [4.69, 9.17) is 34.8 Å². The van der Waals surface area contributed by atoms with Crippen LogP contribution in [0.3, 0.4) is 0 Å². The van der Waals surface area contributed by atoms with Gasteiger partial charge in [0.15, 0.2) is 0 Å². The highest BCUT2D eigenvalue weighted by molar-refractivity contribution is 9.10. The third-order valence-corrected chi connectivity index (χ3v) is 4.84. The second-order valence-corrected chi connectivity index (χ2v) is 6.27. The van der Waals surface area contributed by atoms with Crippen molar-refractivity contribution in [3.8, 4) is 0 Å². The first-order chi connectivity index (χ1) is 9.40. The molecule has 0 saturated carbocycles. The van der Waals surface area contributed by atoms with Crippen LogP contribution in [0.1, 0.15) is 18.5 Å². The Morgan fingerprint density at radius 2 is 1.80 bits per heavy atom. The average Bonchev–Trinajstić information content (AvgIpc) is 2.39. The molecule has 0 saturated heterocycles. The molecule has 0 radical (unpaired) electrons. The monoisotopic (exact) mass is 395 g/mol. The lowest BCUT2D eigenvalue weighted by Gasteiger charge is -2.19.